The molecule has 3 rings (SSSR count). The Morgan fingerprint density at radius 2 is 2.00 bits per heavy atom. The Hall–Kier alpha value is -1.91. The fourth-order valence-corrected chi connectivity index (χ4v) is 4.42. The van der Waals surface area contributed by atoms with Crippen molar-refractivity contribution in [2.24, 2.45) is 16.7 Å². The number of aryl methyl sites for hydroxylation is 1. The van der Waals surface area contributed by atoms with Crippen LogP contribution in [0, 0.1) is 23.7 Å². The number of amides is 2. The van der Waals surface area contributed by atoms with Crippen LogP contribution in [0.4, 0.5) is 5.69 Å². The van der Waals surface area contributed by atoms with Crippen molar-refractivity contribution in [3.8, 4) is 0 Å². The predicted molar refractivity (Wildman–Crippen MR) is 88.8 cm³/mol. The van der Waals surface area contributed by atoms with Crippen LogP contribution < -0.4 is 10.6 Å². The third-order valence-corrected chi connectivity index (χ3v) is 6.59. The van der Waals surface area contributed by atoms with E-state index in [-0.39, 0.29) is 16.9 Å². The van der Waals surface area contributed by atoms with Crippen molar-refractivity contribution in [1.82, 2.24) is 10.3 Å². The van der Waals surface area contributed by atoms with Crippen LogP contribution in [0.5, 0.6) is 0 Å². The third-order valence-electron chi connectivity index (χ3n) is 6.59. The maximum atomic E-state index is 12.3. The fourth-order valence-electron chi connectivity index (χ4n) is 4.42. The van der Waals surface area contributed by atoms with Gasteiger partial charge in [-0.3, -0.25) is 14.6 Å². The monoisotopic (exact) mass is 315 g/mol. The van der Waals surface area contributed by atoms with Gasteiger partial charge < -0.3 is 10.6 Å². The second-order valence-electron chi connectivity index (χ2n) is 7.78. The minimum atomic E-state index is -0.620. The van der Waals surface area contributed by atoms with E-state index in [1.54, 1.807) is 18.5 Å². The largest absolute Gasteiger partial charge is 0.345 e. The van der Waals surface area contributed by atoms with Crippen LogP contribution >= 0.6 is 0 Å². The second-order valence-corrected chi connectivity index (χ2v) is 7.78. The van der Waals surface area contributed by atoms with Gasteiger partial charge >= 0.3 is 11.8 Å². The standard InChI is InChI=1S/C18H25N3O2/c1-11-6-8-19-10-13(11)20-15(22)16(23)21-14-9-12-5-7-18(14,4)17(12,2)3/h6,8,10,12,14H,5,7,9H2,1-4H3,(H,20,22)(H,21,23)/t12-,14-,18-/m1/s1. The molecule has 0 aliphatic heterocycles. The summed E-state index contributed by atoms with van der Waals surface area (Å²) in [6.45, 7) is 8.69. The molecule has 2 saturated carbocycles. The highest BCUT2D eigenvalue weighted by molar-refractivity contribution is 6.39. The van der Waals surface area contributed by atoms with E-state index in [9.17, 15) is 9.59 Å². The SMILES string of the molecule is Cc1ccncc1NC(=O)C(=O)N[C@@H]1C[C@H]2CC[C@@]1(C)C2(C)C. The maximum absolute atomic E-state index is 12.3. The zero-order chi connectivity index (χ0) is 16.8. The first-order valence-electron chi connectivity index (χ1n) is 8.28. The van der Waals surface area contributed by atoms with Gasteiger partial charge in [0.1, 0.15) is 0 Å². The molecule has 2 bridgehead atoms. The summed E-state index contributed by atoms with van der Waals surface area (Å²) in [5, 5.41) is 5.62. The molecule has 1 heterocycles. The smallest absolute Gasteiger partial charge is 0.313 e. The number of rotatable bonds is 2. The first kappa shape index (κ1) is 16.0. The lowest BCUT2D eigenvalue weighted by Crippen LogP contribution is -2.49. The summed E-state index contributed by atoms with van der Waals surface area (Å²) in [6, 6.07) is 1.87. The molecule has 0 spiro atoms. The second kappa shape index (κ2) is 5.32. The van der Waals surface area contributed by atoms with Gasteiger partial charge in [0, 0.05) is 12.2 Å². The van der Waals surface area contributed by atoms with Crippen molar-refractivity contribution in [3.05, 3.63) is 24.0 Å². The van der Waals surface area contributed by atoms with Crippen molar-refractivity contribution in [2.45, 2.75) is 53.0 Å². The number of fused-ring (bicyclic) bond motifs is 2. The van der Waals surface area contributed by atoms with E-state index in [4.69, 9.17) is 0 Å². The summed E-state index contributed by atoms with van der Waals surface area (Å²) in [7, 11) is 0. The van der Waals surface area contributed by atoms with Gasteiger partial charge in [0.25, 0.3) is 0 Å². The highest BCUT2D eigenvalue weighted by atomic mass is 16.2. The Labute approximate surface area is 137 Å². The molecular weight excluding hydrogens is 290 g/mol. The zero-order valence-electron chi connectivity index (χ0n) is 14.3. The van der Waals surface area contributed by atoms with Crippen molar-refractivity contribution in [1.29, 1.82) is 0 Å². The van der Waals surface area contributed by atoms with Gasteiger partial charge in [-0.05, 0) is 54.6 Å². The molecule has 2 aliphatic rings. The van der Waals surface area contributed by atoms with Gasteiger partial charge in [-0.2, -0.15) is 0 Å². The summed E-state index contributed by atoms with van der Waals surface area (Å²) in [6.07, 6.45) is 6.51. The van der Waals surface area contributed by atoms with E-state index >= 15 is 0 Å². The number of hydrogen-bond acceptors (Lipinski definition) is 3. The number of carbonyl (C=O) groups excluding carboxylic acids is 2. The van der Waals surface area contributed by atoms with Crippen molar-refractivity contribution in [3.63, 3.8) is 0 Å². The minimum absolute atomic E-state index is 0.0673. The molecule has 0 saturated heterocycles. The van der Waals surface area contributed by atoms with Gasteiger partial charge in [-0.25, -0.2) is 0 Å². The number of hydrogen-bond donors (Lipinski definition) is 2. The number of pyridine rings is 1. The molecule has 0 aromatic carbocycles. The Balaban J connectivity index is 1.66. The molecule has 3 atom stereocenters. The normalized spacial score (nSPS) is 31.0. The molecule has 5 nitrogen and oxygen atoms in total. The Kier molecular flexibility index (Phi) is 3.69. The van der Waals surface area contributed by atoms with Gasteiger partial charge in [0.2, 0.25) is 0 Å². The number of carbonyl (C=O) groups is 2. The highest BCUT2D eigenvalue weighted by Crippen LogP contribution is 2.65. The van der Waals surface area contributed by atoms with Crippen LogP contribution in [0.15, 0.2) is 18.5 Å². The molecule has 2 aliphatic carbocycles. The summed E-state index contributed by atoms with van der Waals surface area (Å²) >= 11 is 0. The summed E-state index contributed by atoms with van der Waals surface area (Å²) in [5.74, 6) is -0.547. The third kappa shape index (κ3) is 2.42. The number of nitrogens with zero attached hydrogens (tertiary/aromatic N) is 1. The maximum Gasteiger partial charge on any atom is 0.313 e. The zero-order valence-corrected chi connectivity index (χ0v) is 14.3. The van der Waals surface area contributed by atoms with Crippen LogP contribution in [0.1, 0.15) is 45.6 Å². The van der Waals surface area contributed by atoms with Crippen LogP contribution in [-0.2, 0) is 9.59 Å². The number of anilines is 1. The van der Waals surface area contributed by atoms with Gasteiger partial charge in [-0.15, -0.1) is 0 Å². The molecule has 0 unspecified atom stereocenters. The molecule has 5 heteroatoms. The lowest BCUT2D eigenvalue weighted by Gasteiger charge is -2.39. The summed E-state index contributed by atoms with van der Waals surface area (Å²) < 4.78 is 0. The molecule has 2 amide bonds. The van der Waals surface area contributed by atoms with Crippen molar-refractivity contribution in [2.75, 3.05) is 5.32 Å². The van der Waals surface area contributed by atoms with Crippen LogP contribution in [-0.4, -0.2) is 22.8 Å². The van der Waals surface area contributed by atoms with Gasteiger partial charge in [0.05, 0.1) is 11.9 Å². The molecule has 2 fully saturated rings. The Morgan fingerprint density at radius 3 is 2.57 bits per heavy atom. The Morgan fingerprint density at radius 1 is 1.26 bits per heavy atom. The van der Waals surface area contributed by atoms with Crippen LogP contribution in [0.25, 0.3) is 0 Å². The fraction of sp³-hybridized carbons (Fsp3) is 0.611. The lowest BCUT2D eigenvalue weighted by molar-refractivity contribution is -0.137. The average molecular weight is 315 g/mol. The minimum Gasteiger partial charge on any atom is -0.345 e. The van der Waals surface area contributed by atoms with Crippen LogP contribution in [0.3, 0.4) is 0 Å². The van der Waals surface area contributed by atoms with Crippen LogP contribution in [0.2, 0.25) is 0 Å². The van der Waals surface area contributed by atoms with E-state index in [1.165, 1.54) is 6.42 Å². The van der Waals surface area contributed by atoms with Gasteiger partial charge in [0.15, 0.2) is 0 Å². The lowest BCUT2D eigenvalue weighted by atomic mass is 9.69. The van der Waals surface area contributed by atoms with E-state index in [2.05, 4.69) is 36.4 Å². The van der Waals surface area contributed by atoms with E-state index in [0.717, 1.165) is 18.4 Å². The number of aromatic nitrogens is 1. The predicted octanol–water partition coefficient (Wildman–Crippen LogP) is 2.66. The van der Waals surface area contributed by atoms with E-state index < -0.39 is 11.8 Å². The molecule has 1 aromatic heterocycles. The van der Waals surface area contributed by atoms with E-state index in [0.29, 0.717) is 11.6 Å². The summed E-state index contributed by atoms with van der Waals surface area (Å²) in [5.41, 5.74) is 1.74. The molecule has 2 N–H and O–H groups in total. The first-order chi connectivity index (χ1) is 10.8. The molecular formula is C18H25N3O2. The number of nitrogens with one attached hydrogen (secondary N) is 2. The summed E-state index contributed by atoms with van der Waals surface area (Å²) in [4.78, 5) is 28.5. The van der Waals surface area contributed by atoms with Crippen molar-refractivity contribution < 1.29 is 9.59 Å². The molecule has 124 valence electrons. The first-order valence-corrected chi connectivity index (χ1v) is 8.28. The molecule has 23 heavy (non-hydrogen) atoms. The highest BCUT2D eigenvalue weighted by Gasteiger charge is 2.61. The average Bonchev–Trinajstić information content (AvgIpc) is 2.82. The topological polar surface area (TPSA) is 71.1 Å². The van der Waals surface area contributed by atoms with Crippen molar-refractivity contribution >= 4 is 17.5 Å². The quantitative estimate of drug-likeness (QED) is 0.824. The molecule has 0 radical (unpaired) electrons. The molecule has 1 aromatic rings. The van der Waals surface area contributed by atoms with Gasteiger partial charge in [-0.1, -0.05) is 20.8 Å². The Bertz CT molecular complexity index is 655. The van der Waals surface area contributed by atoms with E-state index in [1.807, 2.05) is 6.92 Å².